The Labute approximate surface area is 132 Å². The van der Waals surface area contributed by atoms with Crippen molar-refractivity contribution in [3.8, 4) is 5.75 Å². The lowest BCUT2D eigenvalue weighted by Gasteiger charge is -2.09. The van der Waals surface area contributed by atoms with Gasteiger partial charge in [0.25, 0.3) is 0 Å². The van der Waals surface area contributed by atoms with E-state index < -0.39 is 0 Å². The first kappa shape index (κ1) is 14.6. The van der Waals surface area contributed by atoms with Crippen molar-refractivity contribution >= 4 is 34.2 Å². The number of nitrogens with two attached hydrogens (primary N) is 1. The Morgan fingerprint density at radius 2 is 1.74 bits per heavy atom. The molecule has 2 rings (SSSR count). The van der Waals surface area contributed by atoms with Crippen LogP contribution < -0.4 is 10.5 Å². The van der Waals surface area contributed by atoms with Crippen molar-refractivity contribution in [2.24, 2.45) is 5.73 Å². The Bertz CT molecular complexity index is 542. The summed E-state index contributed by atoms with van der Waals surface area (Å²) < 4.78 is 6.94. The zero-order valence-corrected chi connectivity index (χ0v) is 13.3. The summed E-state index contributed by atoms with van der Waals surface area (Å²) in [6, 6.07) is 14.0. The summed E-state index contributed by atoms with van der Waals surface area (Å²) in [6.45, 7) is 1.14. The Balaban J connectivity index is 2.01. The molecule has 19 heavy (non-hydrogen) atoms. The second-order valence-electron chi connectivity index (χ2n) is 4.22. The van der Waals surface area contributed by atoms with E-state index in [9.17, 15) is 0 Å². The molecule has 2 N–H and O–H groups in total. The van der Waals surface area contributed by atoms with Crippen LogP contribution in [0.1, 0.15) is 11.1 Å². The van der Waals surface area contributed by atoms with E-state index in [1.165, 1.54) is 3.57 Å². The fourth-order valence-electron chi connectivity index (χ4n) is 1.73. The maximum atomic E-state index is 6.19. The highest BCUT2D eigenvalue weighted by Gasteiger charge is 2.03. The van der Waals surface area contributed by atoms with Crippen LogP contribution in [0, 0.1) is 3.57 Å². The van der Waals surface area contributed by atoms with E-state index >= 15 is 0 Å². The maximum Gasteiger partial charge on any atom is 0.138 e. The Morgan fingerprint density at radius 1 is 1.05 bits per heavy atom. The predicted octanol–water partition coefficient (Wildman–Crippen LogP) is 4.02. The first-order valence-corrected chi connectivity index (χ1v) is 7.50. The van der Waals surface area contributed by atoms with Gasteiger partial charge in [0.15, 0.2) is 0 Å². The standard InChI is InChI=1S/C15H15ClINO/c16-14-9-11(7-8-18)3-6-15(14)19-10-12-1-4-13(17)5-2-12/h1-6,9H,7-8,10,18H2. The van der Waals surface area contributed by atoms with Crippen LogP contribution in [0.15, 0.2) is 42.5 Å². The number of rotatable bonds is 5. The molecule has 0 bridgehead atoms. The van der Waals surface area contributed by atoms with E-state index in [1.54, 1.807) is 0 Å². The molecular weight excluding hydrogens is 373 g/mol. The Hall–Kier alpha value is -0.780. The first-order valence-electron chi connectivity index (χ1n) is 6.05. The molecule has 0 spiro atoms. The molecule has 0 atom stereocenters. The van der Waals surface area contributed by atoms with Gasteiger partial charge in [0, 0.05) is 3.57 Å². The van der Waals surface area contributed by atoms with Gasteiger partial charge in [0.1, 0.15) is 12.4 Å². The zero-order valence-electron chi connectivity index (χ0n) is 10.4. The van der Waals surface area contributed by atoms with E-state index in [4.69, 9.17) is 22.1 Å². The molecule has 2 aromatic rings. The van der Waals surface area contributed by atoms with Crippen LogP contribution in [0.4, 0.5) is 0 Å². The lowest BCUT2D eigenvalue weighted by atomic mass is 10.1. The van der Waals surface area contributed by atoms with Crippen LogP contribution in [-0.2, 0) is 13.0 Å². The monoisotopic (exact) mass is 387 g/mol. The van der Waals surface area contributed by atoms with Crippen molar-refractivity contribution in [2.75, 3.05) is 6.54 Å². The quantitative estimate of drug-likeness (QED) is 0.786. The second-order valence-corrected chi connectivity index (χ2v) is 5.87. The summed E-state index contributed by atoms with van der Waals surface area (Å²) in [7, 11) is 0. The SMILES string of the molecule is NCCc1ccc(OCc2ccc(I)cc2)c(Cl)c1. The molecule has 0 aliphatic carbocycles. The Morgan fingerprint density at radius 3 is 2.37 bits per heavy atom. The van der Waals surface area contributed by atoms with Crippen molar-refractivity contribution in [2.45, 2.75) is 13.0 Å². The van der Waals surface area contributed by atoms with Gasteiger partial charge in [0.2, 0.25) is 0 Å². The Kier molecular flexibility index (Phi) is 5.48. The van der Waals surface area contributed by atoms with Gasteiger partial charge >= 0.3 is 0 Å². The van der Waals surface area contributed by atoms with E-state index in [2.05, 4.69) is 46.9 Å². The van der Waals surface area contributed by atoms with Crippen LogP contribution in [0.25, 0.3) is 0 Å². The predicted molar refractivity (Wildman–Crippen MR) is 87.7 cm³/mol. The van der Waals surface area contributed by atoms with Crippen molar-refractivity contribution < 1.29 is 4.74 Å². The number of halogens is 2. The largest absolute Gasteiger partial charge is 0.487 e. The molecule has 0 fully saturated rings. The van der Waals surface area contributed by atoms with Crippen molar-refractivity contribution in [1.82, 2.24) is 0 Å². The smallest absolute Gasteiger partial charge is 0.138 e. The third-order valence-electron chi connectivity index (χ3n) is 2.74. The highest BCUT2D eigenvalue weighted by molar-refractivity contribution is 14.1. The fourth-order valence-corrected chi connectivity index (χ4v) is 2.34. The number of benzene rings is 2. The van der Waals surface area contributed by atoms with E-state index in [0.29, 0.717) is 23.9 Å². The molecule has 100 valence electrons. The summed E-state index contributed by atoms with van der Waals surface area (Å²) in [5, 5.41) is 0.636. The third kappa shape index (κ3) is 4.37. The van der Waals surface area contributed by atoms with Gasteiger partial charge in [-0.25, -0.2) is 0 Å². The summed E-state index contributed by atoms with van der Waals surface area (Å²) in [4.78, 5) is 0. The number of hydrogen-bond acceptors (Lipinski definition) is 2. The van der Waals surface area contributed by atoms with Crippen LogP contribution in [0.3, 0.4) is 0 Å². The molecule has 0 saturated carbocycles. The van der Waals surface area contributed by atoms with Crippen LogP contribution in [0.5, 0.6) is 5.75 Å². The normalized spacial score (nSPS) is 10.5. The molecule has 0 unspecified atom stereocenters. The molecule has 0 aromatic heterocycles. The van der Waals surface area contributed by atoms with Crippen molar-refractivity contribution in [1.29, 1.82) is 0 Å². The summed E-state index contributed by atoms with van der Waals surface area (Å²) in [6.07, 6.45) is 0.830. The second kappa shape index (κ2) is 7.12. The van der Waals surface area contributed by atoms with Gasteiger partial charge in [-0.2, -0.15) is 0 Å². The fraction of sp³-hybridized carbons (Fsp3) is 0.200. The van der Waals surface area contributed by atoms with E-state index in [1.807, 2.05) is 18.2 Å². The van der Waals surface area contributed by atoms with Crippen LogP contribution in [-0.4, -0.2) is 6.54 Å². The van der Waals surface area contributed by atoms with E-state index in [0.717, 1.165) is 17.5 Å². The van der Waals surface area contributed by atoms with Crippen LogP contribution in [0.2, 0.25) is 5.02 Å². The minimum Gasteiger partial charge on any atom is -0.487 e. The first-order chi connectivity index (χ1) is 9.19. The summed E-state index contributed by atoms with van der Waals surface area (Å²) >= 11 is 8.47. The van der Waals surface area contributed by atoms with Gasteiger partial charge in [-0.15, -0.1) is 0 Å². The topological polar surface area (TPSA) is 35.2 Å². The van der Waals surface area contributed by atoms with Gasteiger partial charge < -0.3 is 10.5 Å². The highest BCUT2D eigenvalue weighted by atomic mass is 127. The number of ether oxygens (including phenoxy) is 1. The zero-order chi connectivity index (χ0) is 13.7. The third-order valence-corrected chi connectivity index (χ3v) is 3.75. The van der Waals surface area contributed by atoms with Gasteiger partial charge in [-0.1, -0.05) is 29.8 Å². The van der Waals surface area contributed by atoms with Crippen LogP contribution >= 0.6 is 34.2 Å². The molecule has 0 saturated heterocycles. The molecular formula is C15H15ClINO. The lowest BCUT2D eigenvalue weighted by molar-refractivity contribution is 0.306. The van der Waals surface area contributed by atoms with Crippen molar-refractivity contribution in [3.63, 3.8) is 0 Å². The van der Waals surface area contributed by atoms with Gasteiger partial charge in [-0.05, 0) is 70.9 Å². The molecule has 0 radical (unpaired) electrons. The molecule has 0 heterocycles. The van der Waals surface area contributed by atoms with Crippen molar-refractivity contribution in [3.05, 3.63) is 62.2 Å². The minimum atomic E-state index is 0.521. The highest BCUT2D eigenvalue weighted by Crippen LogP contribution is 2.26. The maximum absolute atomic E-state index is 6.19. The molecule has 0 amide bonds. The molecule has 0 aliphatic rings. The summed E-state index contributed by atoms with van der Waals surface area (Å²) in [5.74, 6) is 0.709. The molecule has 0 aliphatic heterocycles. The average Bonchev–Trinajstić information content (AvgIpc) is 2.40. The van der Waals surface area contributed by atoms with Gasteiger partial charge in [0.05, 0.1) is 5.02 Å². The number of hydrogen-bond donors (Lipinski definition) is 1. The summed E-state index contributed by atoms with van der Waals surface area (Å²) in [5.41, 5.74) is 7.78. The lowest BCUT2D eigenvalue weighted by Crippen LogP contribution is -2.03. The molecule has 2 aromatic carbocycles. The minimum absolute atomic E-state index is 0.521. The van der Waals surface area contributed by atoms with Gasteiger partial charge in [-0.3, -0.25) is 0 Å². The van der Waals surface area contributed by atoms with E-state index in [-0.39, 0.29) is 0 Å². The average molecular weight is 388 g/mol. The molecule has 4 heteroatoms. The molecule has 2 nitrogen and oxygen atoms in total.